The Hall–Kier alpha value is -2.02. The van der Waals surface area contributed by atoms with Gasteiger partial charge in [0.05, 0.1) is 6.20 Å². The molecule has 2 rings (SSSR count). The lowest BCUT2D eigenvalue weighted by molar-refractivity contribution is 0.0949. The van der Waals surface area contributed by atoms with Crippen LogP contribution in [0.2, 0.25) is 0 Å². The molecule has 1 amide bonds. The fourth-order valence-electron chi connectivity index (χ4n) is 1.24. The summed E-state index contributed by atoms with van der Waals surface area (Å²) in [6.07, 6.45) is 5.68. The van der Waals surface area contributed by atoms with E-state index in [1.165, 1.54) is 11.3 Å². The monoisotopic (exact) mass is 263 g/mol. The summed E-state index contributed by atoms with van der Waals surface area (Å²) in [5.74, 6) is 0.452. The molecule has 0 radical (unpaired) electrons. The quantitative estimate of drug-likeness (QED) is 0.860. The summed E-state index contributed by atoms with van der Waals surface area (Å²) in [5, 5.41) is 8.10. The summed E-state index contributed by atoms with van der Waals surface area (Å²) in [4.78, 5) is 23.8. The third-order valence-corrected chi connectivity index (χ3v) is 2.83. The summed E-state index contributed by atoms with van der Waals surface area (Å²) >= 11 is 1.36. The number of thiazole rings is 1. The zero-order valence-electron chi connectivity index (χ0n) is 9.88. The smallest absolute Gasteiger partial charge is 0.270 e. The molecule has 0 spiro atoms. The predicted molar refractivity (Wildman–Crippen MR) is 70.1 cm³/mol. The SMILES string of the molecule is CCCNC(=O)c1csc(Nc2cnccn2)n1. The van der Waals surface area contributed by atoms with E-state index >= 15 is 0 Å². The maximum Gasteiger partial charge on any atom is 0.270 e. The fraction of sp³-hybridized carbons (Fsp3) is 0.273. The summed E-state index contributed by atoms with van der Waals surface area (Å²) in [7, 11) is 0. The highest BCUT2D eigenvalue weighted by molar-refractivity contribution is 7.14. The molecule has 0 unspecified atom stereocenters. The van der Waals surface area contributed by atoms with Gasteiger partial charge in [0.15, 0.2) is 10.9 Å². The number of rotatable bonds is 5. The van der Waals surface area contributed by atoms with E-state index in [-0.39, 0.29) is 5.91 Å². The molecule has 18 heavy (non-hydrogen) atoms. The van der Waals surface area contributed by atoms with Crippen LogP contribution in [-0.2, 0) is 0 Å². The van der Waals surface area contributed by atoms with Gasteiger partial charge in [-0.3, -0.25) is 9.78 Å². The van der Waals surface area contributed by atoms with E-state index in [4.69, 9.17) is 0 Å². The molecule has 2 N–H and O–H groups in total. The number of nitrogens with one attached hydrogen (secondary N) is 2. The molecule has 2 heterocycles. The summed E-state index contributed by atoms with van der Waals surface area (Å²) in [6, 6.07) is 0. The van der Waals surface area contributed by atoms with Crippen molar-refractivity contribution >= 4 is 28.2 Å². The van der Waals surface area contributed by atoms with Crippen LogP contribution in [0.25, 0.3) is 0 Å². The van der Waals surface area contributed by atoms with E-state index in [1.807, 2.05) is 6.92 Å². The van der Waals surface area contributed by atoms with Crippen molar-refractivity contribution in [3.63, 3.8) is 0 Å². The van der Waals surface area contributed by atoms with Crippen LogP contribution < -0.4 is 10.6 Å². The molecule has 6 nitrogen and oxygen atoms in total. The molecular weight excluding hydrogens is 250 g/mol. The molecule has 0 aliphatic carbocycles. The molecule has 2 aromatic heterocycles. The number of anilines is 2. The molecule has 0 fully saturated rings. The van der Waals surface area contributed by atoms with Gasteiger partial charge >= 0.3 is 0 Å². The zero-order valence-corrected chi connectivity index (χ0v) is 10.7. The van der Waals surface area contributed by atoms with Crippen molar-refractivity contribution in [1.82, 2.24) is 20.3 Å². The summed E-state index contributed by atoms with van der Waals surface area (Å²) < 4.78 is 0. The lowest BCUT2D eigenvalue weighted by Crippen LogP contribution is -2.24. The Balaban J connectivity index is 2.00. The van der Waals surface area contributed by atoms with Crippen LogP contribution in [0, 0.1) is 0 Å². The van der Waals surface area contributed by atoms with Crippen molar-refractivity contribution in [1.29, 1.82) is 0 Å². The Morgan fingerprint density at radius 1 is 1.44 bits per heavy atom. The lowest BCUT2D eigenvalue weighted by Gasteiger charge is -2.00. The molecule has 0 aliphatic heterocycles. The van der Waals surface area contributed by atoms with Gasteiger partial charge in [0.1, 0.15) is 5.69 Å². The van der Waals surface area contributed by atoms with Crippen LogP contribution in [-0.4, -0.2) is 27.4 Å². The van der Waals surface area contributed by atoms with Crippen molar-refractivity contribution in [3.8, 4) is 0 Å². The van der Waals surface area contributed by atoms with E-state index < -0.39 is 0 Å². The summed E-state index contributed by atoms with van der Waals surface area (Å²) in [5.41, 5.74) is 0.417. The molecule has 0 atom stereocenters. The first-order valence-corrected chi connectivity index (χ1v) is 6.44. The average molecular weight is 263 g/mol. The molecule has 0 saturated carbocycles. The van der Waals surface area contributed by atoms with Gasteiger partial charge in [-0.25, -0.2) is 9.97 Å². The first-order chi connectivity index (χ1) is 8.79. The second kappa shape index (κ2) is 6.06. The molecule has 0 aliphatic rings. The minimum Gasteiger partial charge on any atom is -0.351 e. The molecular formula is C11H13N5OS. The maximum absolute atomic E-state index is 11.6. The van der Waals surface area contributed by atoms with E-state index in [0.29, 0.717) is 23.2 Å². The van der Waals surface area contributed by atoms with Gasteiger partial charge in [-0.15, -0.1) is 11.3 Å². The van der Waals surface area contributed by atoms with Crippen molar-refractivity contribution in [2.45, 2.75) is 13.3 Å². The van der Waals surface area contributed by atoms with Gasteiger partial charge in [-0.05, 0) is 6.42 Å². The third-order valence-electron chi connectivity index (χ3n) is 2.07. The zero-order chi connectivity index (χ0) is 12.8. The number of nitrogens with zero attached hydrogens (tertiary/aromatic N) is 3. The van der Waals surface area contributed by atoms with Gasteiger partial charge in [0, 0.05) is 24.3 Å². The maximum atomic E-state index is 11.6. The van der Waals surface area contributed by atoms with Crippen molar-refractivity contribution in [2.24, 2.45) is 0 Å². The lowest BCUT2D eigenvalue weighted by atomic mass is 10.4. The number of carbonyl (C=O) groups is 1. The van der Waals surface area contributed by atoms with Gasteiger partial charge in [-0.1, -0.05) is 6.92 Å². The first-order valence-electron chi connectivity index (χ1n) is 5.56. The van der Waals surface area contributed by atoms with Crippen LogP contribution >= 0.6 is 11.3 Å². The van der Waals surface area contributed by atoms with Gasteiger partial charge in [0.2, 0.25) is 0 Å². The second-order valence-corrected chi connectivity index (χ2v) is 4.37. The molecule has 2 aromatic rings. The number of aromatic nitrogens is 3. The average Bonchev–Trinajstić information content (AvgIpc) is 2.86. The van der Waals surface area contributed by atoms with E-state index in [1.54, 1.807) is 24.0 Å². The van der Waals surface area contributed by atoms with Gasteiger partial charge in [-0.2, -0.15) is 0 Å². The first kappa shape index (κ1) is 12.4. The van der Waals surface area contributed by atoms with Crippen molar-refractivity contribution < 1.29 is 4.79 Å². The highest BCUT2D eigenvalue weighted by Crippen LogP contribution is 2.18. The molecule has 0 aromatic carbocycles. The highest BCUT2D eigenvalue weighted by Gasteiger charge is 2.10. The molecule has 94 valence electrons. The van der Waals surface area contributed by atoms with E-state index in [2.05, 4.69) is 25.6 Å². The van der Waals surface area contributed by atoms with E-state index in [9.17, 15) is 4.79 Å². The standard InChI is InChI=1S/C11H13N5OS/c1-2-3-14-10(17)8-7-18-11(15-8)16-9-6-12-4-5-13-9/h4-7H,2-3H2,1H3,(H,14,17)(H,13,15,16). The van der Waals surface area contributed by atoms with Gasteiger partial charge < -0.3 is 10.6 Å². The van der Waals surface area contributed by atoms with Gasteiger partial charge in [0.25, 0.3) is 5.91 Å². The van der Waals surface area contributed by atoms with Crippen molar-refractivity contribution in [2.75, 3.05) is 11.9 Å². The third kappa shape index (κ3) is 3.24. The fourth-order valence-corrected chi connectivity index (χ4v) is 1.94. The Kier molecular flexibility index (Phi) is 4.19. The topological polar surface area (TPSA) is 79.8 Å². The predicted octanol–water partition coefficient (Wildman–Crippen LogP) is 1.82. The molecule has 0 bridgehead atoms. The Labute approximate surface area is 109 Å². The Morgan fingerprint density at radius 3 is 3.06 bits per heavy atom. The van der Waals surface area contributed by atoms with Crippen molar-refractivity contribution in [3.05, 3.63) is 29.7 Å². The number of hydrogen-bond donors (Lipinski definition) is 2. The normalized spacial score (nSPS) is 10.1. The highest BCUT2D eigenvalue weighted by atomic mass is 32.1. The Morgan fingerprint density at radius 2 is 2.33 bits per heavy atom. The minimum atomic E-state index is -0.153. The van der Waals surface area contributed by atoms with Crippen LogP contribution in [0.5, 0.6) is 0 Å². The largest absolute Gasteiger partial charge is 0.351 e. The van der Waals surface area contributed by atoms with Crippen LogP contribution in [0.4, 0.5) is 10.9 Å². The second-order valence-electron chi connectivity index (χ2n) is 3.51. The minimum absolute atomic E-state index is 0.153. The van der Waals surface area contributed by atoms with Crippen LogP contribution in [0.3, 0.4) is 0 Å². The molecule has 7 heteroatoms. The molecule has 0 saturated heterocycles. The Bertz CT molecular complexity index is 513. The number of carbonyl (C=O) groups excluding carboxylic acids is 1. The van der Waals surface area contributed by atoms with E-state index in [0.717, 1.165) is 6.42 Å². The van der Waals surface area contributed by atoms with Crippen LogP contribution in [0.1, 0.15) is 23.8 Å². The number of hydrogen-bond acceptors (Lipinski definition) is 6. The number of amides is 1. The van der Waals surface area contributed by atoms with Crippen LogP contribution in [0.15, 0.2) is 24.0 Å². The summed E-state index contributed by atoms with van der Waals surface area (Å²) in [6.45, 7) is 2.66.